The SMILES string of the molecule is O=COc1ccccc1C(=O)c1ccc(Br)c(Br)c1. The third kappa shape index (κ3) is 3.11. The summed E-state index contributed by atoms with van der Waals surface area (Å²) in [4.78, 5) is 22.8. The molecule has 0 heterocycles. The van der Waals surface area contributed by atoms with Gasteiger partial charge < -0.3 is 4.74 Å². The molecule has 5 heteroatoms. The molecule has 3 nitrogen and oxygen atoms in total. The molecule has 0 unspecified atom stereocenters. The fraction of sp³-hybridized carbons (Fsp3) is 0. The van der Waals surface area contributed by atoms with Crippen molar-refractivity contribution in [3.05, 3.63) is 62.5 Å². The molecule has 19 heavy (non-hydrogen) atoms. The van der Waals surface area contributed by atoms with Gasteiger partial charge in [-0.3, -0.25) is 9.59 Å². The van der Waals surface area contributed by atoms with Crippen LogP contribution in [-0.4, -0.2) is 12.3 Å². The summed E-state index contributed by atoms with van der Waals surface area (Å²) in [5.74, 6) is 0.0483. The first-order valence-electron chi connectivity index (χ1n) is 5.32. The van der Waals surface area contributed by atoms with Gasteiger partial charge in [0.25, 0.3) is 6.47 Å². The predicted octanol–water partition coefficient (Wildman–Crippen LogP) is 3.98. The summed E-state index contributed by atoms with van der Waals surface area (Å²) in [6.07, 6.45) is 0. The molecule has 0 saturated carbocycles. The minimum atomic E-state index is -0.203. The Labute approximate surface area is 126 Å². The van der Waals surface area contributed by atoms with E-state index in [1.54, 1.807) is 42.5 Å². The Balaban J connectivity index is 2.43. The normalized spacial score (nSPS) is 10.0. The van der Waals surface area contributed by atoms with Crippen LogP contribution in [0.4, 0.5) is 0 Å². The van der Waals surface area contributed by atoms with Crippen LogP contribution in [0.3, 0.4) is 0 Å². The molecule has 0 bridgehead atoms. The first-order chi connectivity index (χ1) is 9.13. The van der Waals surface area contributed by atoms with Crippen molar-refractivity contribution < 1.29 is 14.3 Å². The molecule has 0 saturated heterocycles. The van der Waals surface area contributed by atoms with Crippen molar-refractivity contribution in [2.75, 3.05) is 0 Å². The van der Waals surface area contributed by atoms with Crippen molar-refractivity contribution in [1.82, 2.24) is 0 Å². The summed E-state index contributed by atoms with van der Waals surface area (Å²) in [5.41, 5.74) is 0.862. The van der Waals surface area contributed by atoms with Gasteiger partial charge in [0, 0.05) is 14.5 Å². The molecule has 0 spiro atoms. The Bertz CT molecular complexity index is 638. The minimum absolute atomic E-state index is 0.203. The van der Waals surface area contributed by atoms with E-state index >= 15 is 0 Å². The van der Waals surface area contributed by atoms with Gasteiger partial charge in [-0.15, -0.1) is 0 Å². The molecule has 0 aromatic heterocycles. The van der Waals surface area contributed by atoms with E-state index in [0.29, 0.717) is 17.6 Å². The highest BCUT2D eigenvalue weighted by Gasteiger charge is 2.15. The van der Waals surface area contributed by atoms with Crippen molar-refractivity contribution in [1.29, 1.82) is 0 Å². The molecule has 0 aliphatic carbocycles. The Morgan fingerprint density at radius 3 is 2.47 bits per heavy atom. The quantitative estimate of drug-likeness (QED) is 0.592. The zero-order valence-electron chi connectivity index (χ0n) is 9.60. The number of carbonyl (C=O) groups excluding carboxylic acids is 2. The van der Waals surface area contributed by atoms with Crippen LogP contribution in [0.25, 0.3) is 0 Å². The van der Waals surface area contributed by atoms with Crippen molar-refractivity contribution in [3.8, 4) is 5.75 Å². The second kappa shape index (κ2) is 6.12. The topological polar surface area (TPSA) is 43.4 Å². The van der Waals surface area contributed by atoms with Gasteiger partial charge in [-0.25, -0.2) is 0 Å². The van der Waals surface area contributed by atoms with Gasteiger partial charge in [0.05, 0.1) is 5.56 Å². The standard InChI is InChI=1S/C14H8Br2O3/c15-11-6-5-9(7-12(11)16)14(18)10-3-1-2-4-13(10)19-8-17/h1-8H. The number of halogens is 2. The summed E-state index contributed by atoms with van der Waals surface area (Å²) in [6, 6.07) is 11.8. The summed E-state index contributed by atoms with van der Waals surface area (Å²) in [5, 5.41) is 0. The molecule has 0 amide bonds. The summed E-state index contributed by atoms with van der Waals surface area (Å²) in [6.45, 7) is 0.309. The van der Waals surface area contributed by atoms with Crippen LogP contribution < -0.4 is 4.74 Å². The van der Waals surface area contributed by atoms with Gasteiger partial charge in [-0.05, 0) is 62.2 Å². The number of para-hydroxylation sites is 1. The Hall–Kier alpha value is -1.46. The predicted molar refractivity (Wildman–Crippen MR) is 78.4 cm³/mol. The lowest BCUT2D eigenvalue weighted by atomic mass is 10.0. The molecular formula is C14H8Br2O3. The smallest absolute Gasteiger partial charge is 0.298 e. The Kier molecular flexibility index (Phi) is 4.50. The number of rotatable bonds is 4. The first-order valence-corrected chi connectivity index (χ1v) is 6.91. The zero-order valence-corrected chi connectivity index (χ0v) is 12.8. The number of ether oxygens (including phenoxy) is 1. The molecule has 2 aromatic rings. The van der Waals surface area contributed by atoms with Crippen LogP contribution in [-0.2, 0) is 4.79 Å². The van der Waals surface area contributed by atoms with Crippen molar-refractivity contribution in [2.24, 2.45) is 0 Å². The van der Waals surface area contributed by atoms with Crippen molar-refractivity contribution in [3.63, 3.8) is 0 Å². The van der Waals surface area contributed by atoms with Crippen molar-refractivity contribution in [2.45, 2.75) is 0 Å². The van der Waals surface area contributed by atoms with E-state index in [0.717, 1.165) is 8.95 Å². The molecule has 0 atom stereocenters. The summed E-state index contributed by atoms with van der Waals surface area (Å²) in [7, 11) is 0. The zero-order chi connectivity index (χ0) is 13.8. The molecule has 0 N–H and O–H groups in total. The average Bonchev–Trinajstić information content (AvgIpc) is 2.42. The van der Waals surface area contributed by atoms with E-state index in [-0.39, 0.29) is 11.5 Å². The molecule has 2 aromatic carbocycles. The van der Waals surface area contributed by atoms with E-state index in [4.69, 9.17) is 4.74 Å². The summed E-state index contributed by atoms with van der Waals surface area (Å²) < 4.78 is 6.46. The lowest BCUT2D eigenvalue weighted by Crippen LogP contribution is -2.04. The molecule has 2 rings (SSSR count). The van der Waals surface area contributed by atoms with E-state index in [1.807, 2.05) is 0 Å². The van der Waals surface area contributed by atoms with Crippen LogP contribution in [0.5, 0.6) is 5.75 Å². The third-order valence-corrected chi connectivity index (χ3v) is 4.37. The fourth-order valence-corrected chi connectivity index (χ4v) is 2.23. The number of hydrogen-bond acceptors (Lipinski definition) is 3. The van der Waals surface area contributed by atoms with Crippen LogP contribution in [0, 0.1) is 0 Å². The largest absolute Gasteiger partial charge is 0.428 e. The van der Waals surface area contributed by atoms with Crippen LogP contribution >= 0.6 is 31.9 Å². The number of carbonyl (C=O) groups is 2. The van der Waals surface area contributed by atoms with Gasteiger partial charge >= 0.3 is 0 Å². The second-order valence-electron chi connectivity index (χ2n) is 3.67. The van der Waals surface area contributed by atoms with Gasteiger partial charge in [-0.2, -0.15) is 0 Å². The lowest BCUT2D eigenvalue weighted by molar-refractivity contribution is -0.120. The van der Waals surface area contributed by atoms with E-state index in [9.17, 15) is 9.59 Å². The van der Waals surface area contributed by atoms with Gasteiger partial charge in [0.1, 0.15) is 5.75 Å². The Morgan fingerprint density at radius 1 is 1.05 bits per heavy atom. The maximum atomic E-state index is 12.4. The van der Waals surface area contributed by atoms with Crippen LogP contribution in [0.1, 0.15) is 15.9 Å². The van der Waals surface area contributed by atoms with E-state index in [1.165, 1.54) is 0 Å². The number of ketones is 1. The molecule has 0 fully saturated rings. The molecule has 0 aliphatic heterocycles. The average molecular weight is 384 g/mol. The first kappa shape index (κ1) is 14.0. The van der Waals surface area contributed by atoms with Crippen LogP contribution in [0.15, 0.2) is 51.4 Å². The molecular weight excluding hydrogens is 376 g/mol. The minimum Gasteiger partial charge on any atom is -0.428 e. The maximum Gasteiger partial charge on any atom is 0.298 e. The second-order valence-corrected chi connectivity index (χ2v) is 5.38. The van der Waals surface area contributed by atoms with Crippen LogP contribution in [0.2, 0.25) is 0 Å². The highest BCUT2D eigenvalue weighted by molar-refractivity contribution is 9.13. The molecule has 96 valence electrons. The molecule has 0 aliphatic rings. The summed E-state index contributed by atoms with van der Waals surface area (Å²) >= 11 is 6.69. The highest BCUT2D eigenvalue weighted by atomic mass is 79.9. The number of benzene rings is 2. The number of hydrogen-bond donors (Lipinski definition) is 0. The van der Waals surface area contributed by atoms with Gasteiger partial charge in [-0.1, -0.05) is 12.1 Å². The maximum absolute atomic E-state index is 12.4. The van der Waals surface area contributed by atoms with Crippen molar-refractivity contribution >= 4 is 44.1 Å². The van der Waals surface area contributed by atoms with Gasteiger partial charge in [0.15, 0.2) is 5.78 Å². The third-order valence-electron chi connectivity index (χ3n) is 2.49. The lowest BCUT2D eigenvalue weighted by Gasteiger charge is -2.07. The van der Waals surface area contributed by atoms with E-state index in [2.05, 4.69) is 31.9 Å². The monoisotopic (exact) mass is 382 g/mol. The van der Waals surface area contributed by atoms with E-state index < -0.39 is 0 Å². The van der Waals surface area contributed by atoms with Gasteiger partial charge in [0.2, 0.25) is 0 Å². The fourth-order valence-electron chi connectivity index (χ4n) is 1.60. The Morgan fingerprint density at radius 2 is 1.79 bits per heavy atom. The highest BCUT2D eigenvalue weighted by Crippen LogP contribution is 2.27. The molecule has 0 radical (unpaired) electrons.